The third-order valence-corrected chi connectivity index (χ3v) is 3.54. The van der Waals surface area contributed by atoms with Crippen molar-refractivity contribution in [2.24, 2.45) is 5.73 Å². The predicted molar refractivity (Wildman–Crippen MR) is 77.8 cm³/mol. The number of benzene rings is 2. The normalized spacial score (nSPS) is 10.4. The van der Waals surface area contributed by atoms with E-state index in [-0.39, 0.29) is 0 Å². The Kier molecular flexibility index (Phi) is 4.64. The minimum Gasteiger partial charge on any atom is -0.489 e. The fourth-order valence-electron chi connectivity index (χ4n) is 1.66. The maximum atomic E-state index is 5.93. The van der Waals surface area contributed by atoms with Crippen molar-refractivity contribution in [1.82, 2.24) is 0 Å². The maximum absolute atomic E-state index is 5.93. The molecule has 2 aromatic rings. The summed E-state index contributed by atoms with van der Waals surface area (Å²) in [5.41, 5.74) is 7.72. The third kappa shape index (κ3) is 3.25. The molecule has 2 nitrogen and oxygen atoms in total. The highest BCUT2D eigenvalue weighted by atomic mass is 79.9. The van der Waals surface area contributed by atoms with Gasteiger partial charge in [0.05, 0.1) is 0 Å². The van der Waals surface area contributed by atoms with Crippen LogP contribution < -0.4 is 10.5 Å². The fourth-order valence-corrected chi connectivity index (χ4v) is 2.38. The van der Waals surface area contributed by atoms with E-state index in [4.69, 9.17) is 22.1 Å². The van der Waals surface area contributed by atoms with Crippen molar-refractivity contribution in [1.29, 1.82) is 0 Å². The van der Waals surface area contributed by atoms with Crippen LogP contribution in [0.3, 0.4) is 0 Å². The van der Waals surface area contributed by atoms with Crippen LogP contribution in [0.15, 0.2) is 46.9 Å². The molecule has 0 aromatic heterocycles. The van der Waals surface area contributed by atoms with E-state index in [1.807, 2.05) is 42.5 Å². The fraction of sp³-hybridized carbons (Fsp3) is 0.143. The number of halogens is 2. The summed E-state index contributed by atoms with van der Waals surface area (Å²) in [5.74, 6) is 0.798. The van der Waals surface area contributed by atoms with E-state index < -0.39 is 0 Å². The Labute approximate surface area is 120 Å². The molecule has 94 valence electrons. The van der Waals surface area contributed by atoms with Crippen LogP contribution in [0.25, 0.3) is 0 Å². The first-order chi connectivity index (χ1) is 8.70. The molecule has 2 aromatic carbocycles. The molecule has 0 atom stereocenters. The zero-order valence-corrected chi connectivity index (χ0v) is 12.0. The number of ether oxygens (including phenoxy) is 1. The Morgan fingerprint density at radius 3 is 2.67 bits per heavy atom. The van der Waals surface area contributed by atoms with Gasteiger partial charge in [0.1, 0.15) is 12.4 Å². The van der Waals surface area contributed by atoms with E-state index in [9.17, 15) is 0 Å². The van der Waals surface area contributed by atoms with Crippen LogP contribution in [0.5, 0.6) is 5.75 Å². The smallest absolute Gasteiger partial charge is 0.125 e. The Bertz CT molecular complexity index is 545. The second-order valence-electron chi connectivity index (χ2n) is 3.84. The highest BCUT2D eigenvalue weighted by molar-refractivity contribution is 9.10. The van der Waals surface area contributed by atoms with E-state index in [0.29, 0.717) is 18.2 Å². The molecule has 4 heteroatoms. The molecule has 0 bridgehead atoms. The van der Waals surface area contributed by atoms with Crippen LogP contribution in [-0.4, -0.2) is 0 Å². The first-order valence-corrected chi connectivity index (χ1v) is 6.72. The predicted octanol–water partition coefficient (Wildman–Crippen LogP) is 4.14. The number of nitrogens with two attached hydrogens (primary N) is 1. The molecule has 0 saturated carbocycles. The highest BCUT2D eigenvalue weighted by Crippen LogP contribution is 2.27. The van der Waals surface area contributed by atoms with E-state index in [0.717, 1.165) is 21.3 Å². The average molecular weight is 327 g/mol. The van der Waals surface area contributed by atoms with Crippen molar-refractivity contribution in [2.75, 3.05) is 0 Å². The highest BCUT2D eigenvalue weighted by Gasteiger charge is 2.06. The SMILES string of the molecule is NCc1c(Br)cccc1OCc1cccc(Cl)c1. The zero-order chi connectivity index (χ0) is 13.0. The van der Waals surface area contributed by atoms with Gasteiger partial charge in [0.2, 0.25) is 0 Å². The molecular weight excluding hydrogens is 314 g/mol. The van der Waals surface area contributed by atoms with Gasteiger partial charge in [-0.25, -0.2) is 0 Å². The van der Waals surface area contributed by atoms with Gasteiger partial charge in [0.15, 0.2) is 0 Å². The van der Waals surface area contributed by atoms with Gasteiger partial charge in [0.25, 0.3) is 0 Å². The Hall–Kier alpha value is -1.03. The summed E-state index contributed by atoms with van der Waals surface area (Å²) in [5, 5.41) is 0.712. The molecule has 0 saturated heterocycles. The summed E-state index contributed by atoms with van der Waals surface area (Å²) in [6.07, 6.45) is 0. The molecule has 0 aliphatic heterocycles. The van der Waals surface area contributed by atoms with Crippen molar-refractivity contribution in [3.05, 3.63) is 63.1 Å². The number of hydrogen-bond donors (Lipinski definition) is 1. The molecule has 0 unspecified atom stereocenters. The molecule has 2 rings (SSSR count). The molecule has 0 fully saturated rings. The van der Waals surface area contributed by atoms with Crippen molar-refractivity contribution in [3.63, 3.8) is 0 Å². The lowest BCUT2D eigenvalue weighted by molar-refractivity contribution is 0.303. The van der Waals surface area contributed by atoms with Crippen molar-refractivity contribution >= 4 is 27.5 Å². The largest absolute Gasteiger partial charge is 0.489 e. The van der Waals surface area contributed by atoms with Crippen molar-refractivity contribution in [2.45, 2.75) is 13.2 Å². The molecule has 0 aliphatic rings. The summed E-state index contributed by atoms with van der Waals surface area (Å²) in [7, 11) is 0. The van der Waals surface area contributed by atoms with E-state index in [1.54, 1.807) is 0 Å². The summed E-state index contributed by atoms with van der Waals surface area (Å²) in [6.45, 7) is 0.913. The topological polar surface area (TPSA) is 35.2 Å². The second kappa shape index (κ2) is 6.23. The summed E-state index contributed by atoms with van der Waals surface area (Å²) in [6, 6.07) is 13.4. The van der Waals surface area contributed by atoms with Gasteiger partial charge in [-0.05, 0) is 29.8 Å². The quantitative estimate of drug-likeness (QED) is 0.916. The van der Waals surface area contributed by atoms with Gasteiger partial charge in [-0.1, -0.05) is 45.7 Å². The molecule has 0 spiro atoms. The zero-order valence-electron chi connectivity index (χ0n) is 9.70. The Morgan fingerprint density at radius 1 is 1.17 bits per heavy atom. The second-order valence-corrected chi connectivity index (χ2v) is 5.13. The van der Waals surface area contributed by atoms with Crippen LogP contribution in [0.1, 0.15) is 11.1 Å². The monoisotopic (exact) mass is 325 g/mol. The van der Waals surface area contributed by atoms with Crippen LogP contribution in [0.4, 0.5) is 0 Å². The number of hydrogen-bond acceptors (Lipinski definition) is 2. The molecule has 0 aliphatic carbocycles. The van der Waals surface area contributed by atoms with Gasteiger partial charge in [-0.2, -0.15) is 0 Å². The molecule has 2 N–H and O–H groups in total. The first-order valence-electron chi connectivity index (χ1n) is 5.55. The van der Waals surface area contributed by atoms with Gasteiger partial charge in [-0.15, -0.1) is 0 Å². The lowest BCUT2D eigenvalue weighted by Gasteiger charge is -2.12. The Morgan fingerprint density at radius 2 is 1.94 bits per heavy atom. The van der Waals surface area contributed by atoms with E-state index >= 15 is 0 Å². The molecular formula is C14H13BrClNO. The lowest BCUT2D eigenvalue weighted by atomic mass is 10.2. The average Bonchev–Trinajstić information content (AvgIpc) is 2.36. The van der Waals surface area contributed by atoms with Crippen LogP contribution in [0, 0.1) is 0 Å². The van der Waals surface area contributed by atoms with Crippen molar-refractivity contribution in [3.8, 4) is 5.75 Å². The minimum atomic E-state index is 0.437. The van der Waals surface area contributed by atoms with Gasteiger partial charge < -0.3 is 10.5 Å². The van der Waals surface area contributed by atoms with Gasteiger partial charge in [0, 0.05) is 21.6 Å². The van der Waals surface area contributed by atoms with Gasteiger partial charge >= 0.3 is 0 Å². The molecule has 0 heterocycles. The Balaban J connectivity index is 2.13. The first kappa shape index (κ1) is 13.4. The van der Waals surface area contributed by atoms with Crippen LogP contribution in [0.2, 0.25) is 5.02 Å². The van der Waals surface area contributed by atoms with Crippen LogP contribution in [-0.2, 0) is 13.2 Å². The maximum Gasteiger partial charge on any atom is 0.125 e. The third-order valence-electron chi connectivity index (χ3n) is 2.56. The molecule has 0 amide bonds. The van der Waals surface area contributed by atoms with Gasteiger partial charge in [-0.3, -0.25) is 0 Å². The molecule has 18 heavy (non-hydrogen) atoms. The van der Waals surface area contributed by atoms with E-state index in [2.05, 4.69) is 15.9 Å². The van der Waals surface area contributed by atoms with Crippen molar-refractivity contribution < 1.29 is 4.74 Å². The van der Waals surface area contributed by atoms with Crippen LogP contribution >= 0.6 is 27.5 Å². The summed E-state index contributed by atoms with van der Waals surface area (Å²) < 4.78 is 6.75. The molecule has 0 radical (unpaired) electrons. The summed E-state index contributed by atoms with van der Waals surface area (Å²) in [4.78, 5) is 0. The standard InChI is InChI=1S/C14H13BrClNO/c15-13-5-2-6-14(12(13)8-17)18-9-10-3-1-4-11(16)7-10/h1-7H,8-9,17H2. The minimum absolute atomic E-state index is 0.437. The summed E-state index contributed by atoms with van der Waals surface area (Å²) >= 11 is 9.39. The lowest BCUT2D eigenvalue weighted by Crippen LogP contribution is -2.03. The van der Waals surface area contributed by atoms with E-state index in [1.165, 1.54) is 0 Å². The number of rotatable bonds is 4.